The molecule has 3 rings (SSSR count). The van der Waals surface area contributed by atoms with Crippen molar-refractivity contribution in [2.24, 2.45) is 11.8 Å². The van der Waals surface area contributed by atoms with Crippen LogP contribution in [-0.4, -0.2) is 29.9 Å². The molecule has 6 nitrogen and oxygen atoms in total. The average molecular weight is 360 g/mol. The molecule has 6 heteroatoms. The molecule has 2 bridgehead atoms. The summed E-state index contributed by atoms with van der Waals surface area (Å²) < 4.78 is 10.6. The molecule has 2 aliphatic carbocycles. The van der Waals surface area contributed by atoms with Gasteiger partial charge in [0.1, 0.15) is 12.2 Å². The number of carbonyl (C=O) groups excluding carboxylic acids is 2. The third-order valence-corrected chi connectivity index (χ3v) is 5.08. The first kappa shape index (κ1) is 18.5. The number of amides is 2. The van der Waals surface area contributed by atoms with E-state index < -0.39 is 5.60 Å². The van der Waals surface area contributed by atoms with Gasteiger partial charge in [-0.25, -0.2) is 9.59 Å². The standard InChI is InChI=1S/C20H28N2O4/c1-20(2,3)26-19(24)22-17-11-14-9-15(17)10-16(14)21-18(23)25-12-13-7-5-4-6-8-13/h4-8,14-17H,9-12H2,1-3H3,(H,21,23)(H,22,24)/t14-,15-,16+,17+/m1/s1. The summed E-state index contributed by atoms with van der Waals surface area (Å²) in [4.78, 5) is 24.0. The van der Waals surface area contributed by atoms with Crippen molar-refractivity contribution in [1.82, 2.24) is 10.6 Å². The minimum Gasteiger partial charge on any atom is -0.445 e. The first-order chi connectivity index (χ1) is 12.3. The number of nitrogens with one attached hydrogen (secondary N) is 2. The number of ether oxygens (including phenoxy) is 2. The molecule has 2 fully saturated rings. The normalized spacial score (nSPS) is 27.0. The van der Waals surface area contributed by atoms with Gasteiger partial charge < -0.3 is 20.1 Å². The van der Waals surface area contributed by atoms with E-state index in [9.17, 15) is 9.59 Å². The third-order valence-electron chi connectivity index (χ3n) is 5.08. The SMILES string of the molecule is CC(C)(C)OC(=O)N[C@H]1C[C@H]2C[C@@H]1C[C@@H]2NC(=O)OCc1ccccc1. The maximum absolute atomic E-state index is 12.0. The van der Waals surface area contributed by atoms with Crippen LogP contribution in [0.4, 0.5) is 9.59 Å². The summed E-state index contributed by atoms with van der Waals surface area (Å²) in [5.74, 6) is 0.760. The predicted octanol–water partition coefficient (Wildman–Crippen LogP) is 3.60. The Morgan fingerprint density at radius 1 is 0.962 bits per heavy atom. The Kier molecular flexibility index (Phi) is 5.39. The van der Waals surface area contributed by atoms with Gasteiger partial charge >= 0.3 is 12.2 Å². The smallest absolute Gasteiger partial charge is 0.407 e. The molecule has 2 N–H and O–H groups in total. The quantitative estimate of drug-likeness (QED) is 0.860. The fourth-order valence-electron chi connectivity index (χ4n) is 4.00. The van der Waals surface area contributed by atoms with Gasteiger partial charge in [0.05, 0.1) is 0 Å². The van der Waals surface area contributed by atoms with Crippen molar-refractivity contribution in [2.75, 3.05) is 0 Å². The summed E-state index contributed by atoms with van der Waals surface area (Å²) in [5.41, 5.74) is 0.478. The lowest BCUT2D eigenvalue weighted by Gasteiger charge is -2.30. The van der Waals surface area contributed by atoms with Crippen LogP contribution in [0.15, 0.2) is 30.3 Å². The van der Waals surface area contributed by atoms with E-state index in [0.29, 0.717) is 11.8 Å². The maximum Gasteiger partial charge on any atom is 0.407 e. The number of hydrogen-bond donors (Lipinski definition) is 2. The summed E-state index contributed by atoms with van der Waals surface area (Å²) >= 11 is 0. The molecule has 1 aromatic carbocycles. The van der Waals surface area contributed by atoms with Crippen molar-refractivity contribution in [2.45, 2.75) is 64.3 Å². The average Bonchev–Trinajstić information content (AvgIpc) is 3.12. The van der Waals surface area contributed by atoms with Crippen molar-refractivity contribution < 1.29 is 19.1 Å². The number of benzene rings is 1. The molecule has 142 valence electrons. The second kappa shape index (κ2) is 7.56. The van der Waals surface area contributed by atoms with Gasteiger partial charge in [0, 0.05) is 12.1 Å². The van der Waals surface area contributed by atoms with Crippen molar-refractivity contribution >= 4 is 12.2 Å². The van der Waals surface area contributed by atoms with Gasteiger partial charge in [0.2, 0.25) is 0 Å². The number of hydrogen-bond acceptors (Lipinski definition) is 4. The molecule has 4 atom stereocenters. The van der Waals surface area contributed by atoms with E-state index in [0.717, 1.165) is 24.8 Å². The van der Waals surface area contributed by atoms with Crippen LogP contribution in [0.5, 0.6) is 0 Å². The Labute approximate surface area is 154 Å². The number of rotatable bonds is 4. The Bertz CT molecular complexity index is 641. The van der Waals surface area contributed by atoms with E-state index in [1.807, 2.05) is 51.1 Å². The molecule has 0 aromatic heterocycles. The lowest BCUT2D eigenvalue weighted by Crippen LogP contribution is -2.46. The summed E-state index contributed by atoms with van der Waals surface area (Å²) in [7, 11) is 0. The van der Waals surface area contributed by atoms with Gasteiger partial charge in [-0.15, -0.1) is 0 Å². The van der Waals surface area contributed by atoms with E-state index in [-0.39, 0.29) is 30.9 Å². The topological polar surface area (TPSA) is 76.7 Å². The molecule has 2 saturated carbocycles. The zero-order chi connectivity index (χ0) is 18.7. The van der Waals surface area contributed by atoms with Gasteiger partial charge in [-0.3, -0.25) is 0 Å². The van der Waals surface area contributed by atoms with Crippen LogP contribution in [0.2, 0.25) is 0 Å². The highest BCUT2D eigenvalue weighted by molar-refractivity contribution is 5.69. The summed E-state index contributed by atoms with van der Waals surface area (Å²) in [6, 6.07) is 9.89. The van der Waals surface area contributed by atoms with E-state index in [2.05, 4.69) is 10.6 Å². The minimum atomic E-state index is -0.492. The first-order valence-electron chi connectivity index (χ1n) is 9.27. The second-order valence-electron chi connectivity index (χ2n) is 8.29. The molecule has 0 heterocycles. The molecular formula is C20H28N2O4. The number of carbonyl (C=O) groups is 2. The third kappa shape index (κ3) is 4.90. The van der Waals surface area contributed by atoms with Gasteiger partial charge in [0.25, 0.3) is 0 Å². The highest BCUT2D eigenvalue weighted by Crippen LogP contribution is 2.44. The first-order valence-corrected chi connectivity index (χ1v) is 9.27. The molecule has 0 saturated heterocycles. The maximum atomic E-state index is 12.0. The highest BCUT2D eigenvalue weighted by atomic mass is 16.6. The molecule has 1 aromatic rings. The van der Waals surface area contributed by atoms with E-state index >= 15 is 0 Å². The molecule has 0 spiro atoms. The van der Waals surface area contributed by atoms with Gasteiger partial charge in [-0.05, 0) is 57.4 Å². The Morgan fingerprint density at radius 2 is 1.54 bits per heavy atom. The van der Waals surface area contributed by atoms with Crippen molar-refractivity contribution in [3.05, 3.63) is 35.9 Å². The van der Waals surface area contributed by atoms with E-state index in [1.165, 1.54) is 0 Å². The Morgan fingerprint density at radius 3 is 2.08 bits per heavy atom. The van der Waals surface area contributed by atoms with Gasteiger partial charge in [0.15, 0.2) is 0 Å². The van der Waals surface area contributed by atoms with Crippen LogP contribution in [-0.2, 0) is 16.1 Å². The lowest BCUT2D eigenvalue weighted by molar-refractivity contribution is 0.0482. The molecular weight excluding hydrogens is 332 g/mol. The van der Waals surface area contributed by atoms with Crippen LogP contribution in [0, 0.1) is 11.8 Å². The Balaban J connectivity index is 1.41. The van der Waals surface area contributed by atoms with E-state index in [1.54, 1.807) is 0 Å². The molecule has 2 aliphatic rings. The van der Waals surface area contributed by atoms with Gasteiger partial charge in [-0.1, -0.05) is 30.3 Å². The minimum absolute atomic E-state index is 0.125. The molecule has 0 radical (unpaired) electrons. The number of alkyl carbamates (subject to hydrolysis) is 2. The molecule has 0 unspecified atom stereocenters. The zero-order valence-corrected chi connectivity index (χ0v) is 15.7. The van der Waals surface area contributed by atoms with Crippen molar-refractivity contribution in [1.29, 1.82) is 0 Å². The monoisotopic (exact) mass is 360 g/mol. The largest absolute Gasteiger partial charge is 0.445 e. The van der Waals surface area contributed by atoms with Crippen LogP contribution in [0.3, 0.4) is 0 Å². The fraction of sp³-hybridized carbons (Fsp3) is 0.600. The van der Waals surface area contributed by atoms with Crippen LogP contribution in [0.1, 0.15) is 45.6 Å². The number of fused-ring (bicyclic) bond motifs is 2. The zero-order valence-electron chi connectivity index (χ0n) is 15.7. The summed E-state index contributed by atoms with van der Waals surface area (Å²) in [6.07, 6.45) is 2.02. The van der Waals surface area contributed by atoms with Crippen LogP contribution in [0.25, 0.3) is 0 Å². The highest BCUT2D eigenvalue weighted by Gasteiger charge is 2.47. The van der Waals surface area contributed by atoms with Crippen LogP contribution >= 0.6 is 0 Å². The molecule has 0 aliphatic heterocycles. The summed E-state index contributed by atoms with van der Waals surface area (Å²) in [6.45, 7) is 5.84. The van der Waals surface area contributed by atoms with Gasteiger partial charge in [-0.2, -0.15) is 0 Å². The summed E-state index contributed by atoms with van der Waals surface area (Å²) in [5, 5.41) is 5.97. The molecule has 26 heavy (non-hydrogen) atoms. The van der Waals surface area contributed by atoms with Crippen molar-refractivity contribution in [3.63, 3.8) is 0 Å². The van der Waals surface area contributed by atoms with Crippen molar-refractivity contribution in [3.8, 4) is 0 Å². The predicted molar refractivity (Wildman–Crippen MR) is 97.5 cm³/mol. The van der Waals surface area contributed by atoms with Crippen LogP contribution < -0.4 is 10.6 Å². The fourth-order valence-corrected chi connectivity index (χ4v) is 4.00. The van der Waals surface area contributed by atoms with E-state index in [4.69, 9.17) is 9.47 Å². The second-order valence-corrected chi connectivity index (χ2v) is 8.29. The Hall–Kier alpha value is -2.24. The lowest BCUT2D eigenvalue weighted by atomic mass is 9.91. The molecule has 2 amide bonds.